The molecule has 5 atom stereocenters. The normalized spacial score (nSPS) is 18.3. The molecule has 1 unspecified atom stereocenters. The monoisotopic (exact) mass is 476 g/mol. The molecule has 6 N–H and O–H groups in total. The van der Waals surface area contributed by atoms with E-state index in [9.17, 15) is 48.2 Å². The predicted molar refractivity (Wildman–Crippen MR) is 110 cm³/mol. The van der Waals surface area contributed by atoms with Gasteiger partial charge in [0.25, 0.3) is 0 Å². The van der Waals surface area contributed by atoms with Crippen LogP contribution in [0.1, 0.15) is 30.9 Å². The Balaban J connectivity index is 2.58. The van der Waals surface area contributed by atoms with Gasteiger partial charge in [-0.15, -0.1) is 0 Å². The molecule has 6 nitrogen and oxygen atoms in total. The number of halogens is 4. The summed E-state index contributed by atoms with van der Waals surface area (Å²) in [4.78, 5) is 0. The summed E-state index contributed by atoms with van der Waals surface area (Å²) in [6.45, 7) is 0.510. The molecule has 0 saturated carbocycles. The van der Waals surface area contributed by atoms with Crippen LogP contribution in [0.5, 0.6) is 0 Å². The van der Waals surface area contributed by atoms with Gasteiger partial charge < -0.3 is 30.6 Å². The van der Waals surface area contributed by atoms with Crippen molar-refractivity contribution in [2.24, 2.45) is 0 Å². The van der Waals surface area contributed by atoms with Crippen LogP contribution in [-0.2, 0) is 12.8 Å². The third-order valence-corrected chi connectivity index (χ3v) is 5.76. The van der Waals surface area contributed by atoms with Crippen molar-refractivity contribution in [2.45, 2.75) is 62.1 Å². The fourth-order valence-electron chi connectivity index (χ4n) is 4.02. The van der Waals surface area contributed by atoms with Crippen molar-refractivity contribution in [1.29, 1.82) is 0 Å². The average molecular weight is 476 g/mol. The van der Waals surface area contributed by atoms with Crippen LogP contribution >= 0.6 is 0 Å². The molecular weight excluding hydrogens is 448 g/mol. The summed E-state index contributed by atoms with van der Waals surface area (Å²) in [6, 6.07) is 6.13. The fourth-order valence-corrected chi connectivity index (χ4v) is 4.02. The van der Waals surface area contributed by atoms with Crippen LogP contribution < -0.4 is 0 Å². The van der Waals surface area contributed by atoms with Crippen molar-refractivity contribution < 1.29 is 48.2 Å². The van der Waals surface area contributed by atoms with E-state index in [4.69, 9.17) is 0 Å². The molecule has 0 aromatic heterocycles. The standard InChI is InChI=1S/C23H28F4O6/c1-2-9-22(32,10-13-5-3-7-15(24)18(13)26)21(31)23(33,20(30)17(29)12-28)11-14-6-4-8-16(25)19(14)27/h3-8,17,20-21,28-33H,2,9-12H2,1H3/t17-,20+,21+,22?,23+/m0/s1. The molecule has 0 aliphatic carbocycles. The van der Waals surface area contributed by atoms with Gasteiger partial charge >= 0.3 is 0 Å². The highest BCUT2D eigenvalue weighted by Gasteiger charge is 2.54. The number of aliphatic hydroxyl groups excluding tert-OH is 4. The first kappa shape index (κ1) is 27.2. The summed E-state index contributed by atoms with van der Waals surface area (Å²) < 4.78 is 56.0. The van der Waals surface area contributed by atoms with Crippen LogP contribution in [0.2, 0.25) is 0 Å². The Hall–Kier alpha value is -2.08. The van der Waals surface area contributed by atoms with E-state index in [0.29, 0.717) is 0 Å². The second-order valence-electron chi connectivity index (χ2n) is 8.22. The highest BCUT2D eigenvalue weighted by Crippen LogP contribution is 2.36. The van der Waals surface area contributed by atoms with Gasteiger partial charge in [-0.05, 0) is 29.7 Å². The van der Waals surface area contributed by atoms with Gasteiger partial charge in [-0.25, -0.2) is 17.6 Å². The van der Waals surface area contributed by atoms with Crippen LogP contribution in [-0.4, -0.2) is 66.8 Å². The number of rotatable bonds is 11. The van der Waals surface area contributed by atoms with Gasteiger partial charge in [0, 0.05) is 12.8 Å². The molecule has 0 aliphatic heterocycles. The Bertz CT molecular complexity index is 945. The lowest BCUT2D eigenvalue weighted by Crippen LogP contribution is -2.66. The zero-order valence-electron chi connectivity index (χ0n) is 17.9. The third kappa shape index (κ3) is 5.71. The van der Waals surface area contributed by atoms with E-state index < -0.39 is 77.8 Å². The smallest absolute Gasteiger partial charge is 0.162 e. The zero-order valence-corrected chi connectivity index (χ0v) is 17.9. The minimum absolute atomic E-state index is 0.174. The van der Waals surface area contributed by atoms with Crippen molar-refractivity contribution in [3.8, 4) is 0 Å². The molecule has 2 rings (SSSR count). The van der Waals surface area contributed by atoms with Gasteiger partial charge in [0.15, 0.2) is 23.3 Å². The molecule has 0 aliphatic rings. The Morgan fingerprint density at radius 1 is 0.818 bits per heavy atom. The summed E-state index contributed by atoms with van der Waals surface area (Å²) in [6.07, 6.45) is -8.60. The van der Waals surface area contributed by atoms with Crippen molar-refractivity contribution in [3.05, 3.63) is 70.8 Å². The fraction of sp³-hybridized carbons (Fsp3) is 0.478. The Morgan fingerprint density at radius 3 is 1.76 bits per heavy atom. The van der Waals surface area contributed by atoms with E-state index in [0.717, 1.165) is 30.3 Å². The average Bonchev–Trinajstić information content (AvgIpc) is 2.78. The molecule has 184 valence electrons. The second kappa shape index (κ2) is 10.9. The molecule has 10 heteroatoms. The predicted octanol–water partition coefficient (Wildman–Crippen LogP) is 1.37. The van der Waals surface area contributed by atoms with Gasteiger partial charge in [0.05, 0.1) is 12.2 Å². The van der Waals surface area contributed by atoms with Crippen LogP contribution in [0, 0.1) is 23.3 Å². The SMILES string of the molecule is CCCC(O)(Cc1cccc(F)c1F)[C@@H](O)[C@@](O)(Cc1cccc(F)c1F)[C@H](O)[C@@H](O)CO. The Morgan fingerprint density at radius 2 is 1.30 bits per heavy atom. The maximum Gasteiger partial charge on any atom is 0.162 e. The lowest BCUT2D eigenvalue weighted by molar-refractivity contribution is -0.230. The molecule has 2 aromatic carbocycles. The zero-order chi connectivity index (χ0) is 25.0. The minimum atomic E-state index is -2.94. The summed E-state index contributed by atoms with van der Waals surface area (Å²) >= 11 is 0. The van der Waals surface area contributed by atoms with Crippen molar-refractivity contribution in [2.75, 3.05) is 6.61 Å². The van der Waals surface area contributed by atoms with Gasteiger partial charge in [0.1, 0.15) is 23.9 Å². The van der Waals surface area contributed by atoms with Crippen LogP contribution in [0.4, 0.5) is 17.6 Å². The minimum Gasteiger partial charge on any atom is -0.394 e. The summed E-state index contributed by atoms with van der Waals surface area (Å²) in [5, 5.41) is 63.4. The number of aliphatic hydroxyl groups is 6. The molecule has 0 amide bonds. The van der Waals surface area contributed by atoms with Gasteiger partial charge in [-0.3, -0.25) is 0 Å². The van der Waals surface area contributed by atoms with E-state index in [1.165, 1.54) is 6.07 Å². The summed E-state index contributed by atoms with van der Waals surface area (Å²) in [7, 11) is 0. The largest absolute Gasteiger partial charge is 0.394 e. The van der Waals surface area contributed by atoms with E-state index in [1.807, 2.05) is 0 Å². The van der Waals surface area contributed by atoms with Crippen molar-refractivity contribution >= 4 is 0 Å². The van der Waals surface area contributed by atoms with Crippen molar-refractivity contribution in [1.82, 2.24) is 0 Å². The molecule has 0 radical (unpaired) electrons. The topological polar surface area (TPSA) is 121 Å². The summed E-state index contributed by atoms with van der Waals surface area (Å²) in [5.41, 5.74) is -6.19. The molecule has 2 aromatic rings. The maximum atomic E-state index is 14.3. The van der Waals surface area contributed by atoms with Gasteiger partial charge in [-0.2, -0.15) is 0 Å². The van der Waals surface area contributed by atoms with Gasteiger partial charge in [-0.1, -0.05) is 37.6 Å². The molecule has 0 saturated heterocycles. The lowest BCUT2D eigenvalue weighted by Gasteiger charge is -2.46. The molecule has 0 fully saturated rings. The molecular formula is C23H28F4O6. The van der Waals surface area contributed by atoms with E-state index in [-0.39, 0.29) is 18.4 Å². The first-order valence-corrected chi connectivity index (χ1v) is 10.4. The van der Waals surface area contributed by atoms with Crippen LogP contribution in [0.25, 0.3) is 0 Å². The quantitative estimate of drug-likeness (QED) is 0.273. The highest BCUT2D eigenvalue weighted by molar-refractivity contribution is 5.26. The summed E-state index contributed by atoms with van der Waals surface area (Å²) in [5.74, 6) is -5.19. The van der Waals surface area contributed by atoms with E-state index in [1.54, 1.807) is 6.92 Å². The van der Waals surface area contributed by atoms with E-state index in [2.05, 4.69) is 0 Å². The highest BCUT2D eigenvalue weighted by atomic mass is 19.2. The number of benzene rings is 2. The first-order chi connectivity index (χ1) is 15.4. The maximum absolute atomic E-state index is 14.3. The lowest BCUT2D eigenvalue weighted by atomic mass is 9.71. The molecule has 0 heterocycles. The van der Waals surface area contributed by atoms with Crippen LogP contribution in [0.3, 0.4) is 0 Å². The Labute approximate surface area is 188 Å². The van der Waals surface area contributed by atoms with E-state index >= 15 is 0 Å². The molecule has 0 bridgehead atoms. The molecule has 33 heavy (non-hydrogen) atoms. The third-order valence-electron chi connectivity index (χ3n) is 5.76. The van der Waals surface area contributed by atoms with Gasteiger partial charge in [0.2, 0.25) is 0 Å². The number of hydrogen-bond acceptors (Lipinski definition) is 6. The number of hydrogen-bond donors (Lipinski definition) is 6. The van der Waals surface area contributed by atoms with Crippen molar-refractivity contribution in [3.63, 3.8) is 0 Å². The Kier molecular flexibility index (Phi) is 8.97. The molecule has 0 spiro atoms. The first-order valence-electron chi connectivity index (χ1n) is 10.4. The second-order valence-corrected chi connectivity index (χ2v) is 8.22. The van der Waals surface area contributed by atoms with Crippen LogP contribution in [0.15, 0.2) is 36.4 Å².